The largest absolute Gasteiger partial charge is 0.212 e. The fourth-order valence-electron chi connectivity index (χ4n) is 3.76. The van der Waals surface area contributed by atoms with Gasteiger partial charge in [0, 0.05) is 34.1 Å². The molecule has 5 rings (SSSR count). The SMILES string of the molecule is Ic1nc(-c2ccc(-c3ccccc3)cc2)nc(C2C=CC(c3ccccc3)=CC2)n1. The quantitative estimate of drug-likeness (QED) is 0.278. The van der Waals surface area contributed by atoms with Crippen LogP contribution in [0.15, 0.2) is 103 Å². The van der Waals surface area contributed by atoms with Crippen LogP contribution in [0.1, 0.15) is 23.7 Å². The van der Waals surface area contributed by atoms with Crippen molar-refractivity contribution in [2.75, 3.05) is 0 Å². The minimum atomic E-state index is 0.159. The number of rotatable bonds is 4. The lowest BCUT2D eigenvalue weighted by molar-refractivity contribution is 0.754. The fraction of sp³-hybridized carbons (Fsp3) is 0.0741. The van der Waals surface area contributed by atoms with Gasteiger partial charge in [0.2, 0.25) is 0 Å². The van der Waals surface area contributed by atoms with Crippen LogP contribution in [0.2, 0.25) is 0 Å². The first kappa shape index (κ1) is 19.8. The zero-order valence-electron chi connectivity index (χ0n) is 16.8. The third kappa shape index (κ3) is 4.49. The Morgan fingerprint density at radius 1 is 0.645 bits per heavy atom. The minimum absolute atomic E-state index is 0.159. The molecule has 0 N–H and O–H groups in total. The lowest BCUT2D eigenvalue weighted by Crippen LogP contribution is -2.08. The molecule has 150 valence electrons. The van der Waals surface area contributed by atoms with E-state index in [1.165, 1.54) is 22.3 Å². The van der Waals surface area contributed by atoms with E-state index in [1.807, 2.05) is 12.1 Å². The van der Waals surface area contributed by atoms with Crippen LogP contribution in [0.3, 0.4) is 0 Å². The zero-order chi connectivity index (χ0) is 21.0. The van der Waals surface area contributed by atoms with E-state index >= 15 is 0 Å². The second kappa shape index (κ2) is 8.94. The van der Waals surface area contributed by atoms with E-state index in [0.717, 1.165) is 27.5 Å². The van der Waals surface area contributed by atoms with Crippen LogP contribution >= 0.6 is 22.6 Å². The molecule has 31 heavy (non-hydrogen) atoms. The minimum Gasteiger partial charge on any atom is -0.212 e. The van der Waals surface area contributed by atoms with Gasteiger partial charge in [-0.25, -0.2) is 15.0 Å². The lowest BCUT2D eigenvalue weighted by Gasteiger charge is -2.16. The van der Waals surface area contributed by atoms with E-state index in [2.05, 4.69) is 124 Å². The summed E-state index contributed by atoms with van der Waals surface area (Å²) in [6, 6.07) is 29.2. The Morgan fingerprint density at radius 2 is 1.26 bits per heavy atom. The van der Waals surface area contributed by atoms with E-state index in [0.29, 0.717) is 0 Å². The Morgan fingerprint density at radius 3 is 1.90 bits per heavy atom. The van der Waals surface area contributed by atoms with Crippen molar-refractivity contribution in [1.29, 1.82) is 0 Å². The normalized spacial score (nSPS) is 15.5. The third-order valence-corrected chi connectivity index (χ3v) is 5.90. The molecule has 1 aliphatic carbocycles. The third-order valence-electron chi connectivity index (χ3n) is 5.41. The molecular weight excluding hydrogens is 493 g/mol. The fourth-order valence-corrected chi connectivity index (χ4v) is 4.23. The van der Waals surface area contributed by atoms with Gasteiger partial charge in [0.25, 0.3) is 0 Å². The van der Waals surface area contributed by atoms with Crippen molar-refractivity contribution < 1.29 is 0 Å². The first-order valence-electron chi connectivity index (χ1n) is 10.3. The lowest BCUT2D eigenvalue weighted by atomic mass is 9.92. The smallest absolute Gasteiger partial charge is 0.194 e. The van der Waals surface area contributed by atoms with Crippen molar-refractivity contribution in [3.63, 3.8) is 0 Å². The van der Waals surface area contributed by atoms with Crippen LogP contribution in [0, 0.1) is 3.83 Å². The van der Waals surface area contributed by atoms with Gasteiger partial charge in [-0.05, 0) is 28.7 Å². The Kier molecular flexibility index (Phi) is 5.71. The summed E-state index contributed by atoms with van der Waals surface area (Å²) in [5.74, 6) is 1.70. The second-order valence-electron chi connectivity index (χ2n) is 7.46. The summed E-state index contributed by atoms with van der Waals surface area (Å²) in [6.07, 6.45) is 7.53. The van der Waals surface area contributed by atoms with Gasteiger partial charge < -0.3 is 0 Å². The van der Waals surface area contributed by atoms with Gasteiger partial charge in [-0.1, -0.05) is 103 Å². The molecule has 0 spiro atoms. The molecule has 0 fully saturated rings. The van der Waals surface area contributed by atoms with Crippen LogP contribution in [-0.2, 0) is 0 Å². The summed E-state index contributed by atoms with van der Waals surface area (Å²) < 4.78 is 0.718. The number of aromatic nitrogens is 3. The zero-order valence-corrected chi connectivity index (χ0v) is 19.0. The van der Waals surface area contributed by atoms with E-state index in [4.69, 9.17) is 4.98 Å². The van der Waals surface area contributed by atoms with Gasteiger partial charge in [0.05, 0.1) is 0 Å². The second-order valence-corrected chi connectivity index (χ2v) is 8.42. The van der Waals surface area contributed by atoms with E-state index < -0.39 is 0 Å². The van der Waals surface area contributed by atoms with Crippen molar-refractivity contribution in [1.82, 2.24) is 15.0 Å². The van der Waals surface area contributed by atoms with Crippen LogP contribution in [-0.4, -0.2) is 15.0 Å². The number of halogens is 1. The molecule has 0 radical (unpaired) electrons. The molecule has 4 aromatic rings. The maximum absolute atomic E-state index is 4.82. The van der Waals surface area contributed by atoms with Gasteiger partial charge >= 0.3 is 0 Å². The van der Waals surface area contributed by atoms with Crippen molar-refractivity contribution in [3.8, 4) is 22.5 Å². The molecule has 0 bridgehead atoms. The van der Waals surface area contributed by atoms with E-state index in [9.17, 15) is 0 Å². The van der Waals surface area contributed by atoms with Crippen LogP contribution in [0.25, 0.3) is 28.1 Å². The number of hydrogen-bond acceptors (Lipinski definition) is 3. The first-order valence-corrected chi connectivity index (χ1v) is 11.4. The topological polar surface area (TPSA) is 38.7 Å². The summed E-state index contributed by atoms with van der Waals surface area (Å²) in [5.41, 5.74) is 5.87. The molecule has 4 heteroatoms. The molecule has 1 aliphatic rings. The number of nitrogens with zero attached hydrogens (tertiary/aromatic N) is 3. The molecule has 1 heterocycles. The summed E-state index contributed by atoms with van der Waals surface area (Å²) in [7, 11) is 0. The summed E-state index contributed by atoms with van der Waals surface area (Å²) in [5, 5.41) is 0. The van der Waals surface area contributed by atoms with E-state index in [1.54, 1.807) is 0 Å². The Labute approximate surface area is 195 Å². The molecule has 3 nitrogen and oxygen atoms in total. The van der Waals surface area contributed by atoms with Crippen LogP contribution < -0.4 is 0 Å². The first-order chi connectivity index (χ1) is 15.3. The van der Waals surface area contributed by atoms with Crippen molar-refractivity contribution in [3.05, 3.63) is 118 Å². The van der Waals surface area contributed by atoms with Crippen molar-refractivity contribution in [2.45, 2.75) is 12.3 Å². The number of hydrogen-bond donors (Lipinski definition) is 0. The Balaban J connectivity index is 1.39. The predicted octanol–water partition coefficient (Wildman–Crippen LogP) is 6.94. The van der Waals surface area contributed by atoms with Crippen LogP contribution in [0.5, 0.6) is 0 Å². The maximum Gasteiger partial charge on any atom is 0.194 e. The van der Waals surface area contributed by atoms with Gasteiger partial charge in [0.1, 0.15) is 5.82 Å². The highest BCUT2D eigenvalue weighted by Crippen LogP contribution is 2.30. The highest BCUT2D eigenvalue weighted by atomic mass is 127. The molecule has 1 atom stereocenters. The van der Waals surface area contributed by atoms with Gasteiger partial charge in [-0.3, -0.25) is 0 Å². The summed E-state index contributed by atoms with van der Waals surface area (Å²) in [6.45, 7) is 0. The molecule has 0 saturated carbocycles. The monoisotopic (exact) mass is 513 g/mol. The molecular formula is C27H20IN3. The molecule has 0 aliphatic heterocycles. The number of allylic oxidation sites excluding steroid dienone is 4. The Hall–Kier alpha value is -3.12. The molecule has 1 unspecified atom stereocenters. The summed E-state index contributed by atoms with van der Waals surface area (Å²) >= 11 is 2.18. The highest BCUT2D eigenvalue weighted by molar-refractivity contribution is 14.1. The average Bonchev–Trinajstić information content (AvgIpc) is 2.85. The van der Waals surface area contributed by atoms with Crippen molar-refractivity contribution in [2.24, 2.45) is 0 Å². The van der Waals surface area contributed by atoms with E-state index in [-0.39, 0.29) is 5.92 Å². The van der Waals surface area contributed by atoms with Crippen LogP contribution in [0.4, 0.5) is 0 Å². The summed E-state index contributed by atoms with van der Waals surface area (Å²) in [4.78, 5) is 14.0. The predicted molar refractivity (Wildman–Crippen MR) is 134 cm³/mol. The molecule has 1 aromatic heterocycles. The standard InChI is InChI=1S/C27H20IN3/c28-27-30-25(23-15-11-21(12-16-23)19-7-3-1-4-8-19)29-26(31-27)24-17-13-22(14-18-24)20-9-5-2-6-10-20/h1-17,24H,18H2. The number of benzene rings is 3. The van der Waals surface area contributed by atoms with Gasteiger partial charge in [-0.2, -0.15) is 0 Å². The highest BCUT2D eigenvalue weighted by Gasteiger charge is 2.17. The Bertz CT molecular complexity index is 1250. The molecule has 0 amide bonds. The average molecular weight is 513 g/mol. The van der Waals surface area contributed by atoms with Gasteiger partial charge in [-0.15, -0.1) is 0 Å². The van der Waals surface area contributed by atoms with Gasteiger partial charge in [0.15, 0.2) is 9.66 Å². The molecule has 3 aromatic carbocycles. The van der Waals surface area contributed by atoms with Crippen molar-refractivity contribution >= 4 is 28.2 Å². The maximum atomic E-state index is 4.82. The molecule has 0 saturated heterocycles.